The molecule has 1 aromatic heterocycles. The van der Waals surface area contributed by atoms with E-state index < -0.39 is 6.23 Å². The Labute approximate surface area is 232 Å². The summed E-state index contributed by atoms with van der Waals surface area (Å²) in [6, 6.07) is 37.1. The first kappa shape index (κ1) is 24.3. The van der Waals surface area contributed by atoms with Crippen molar-refractivity contribution in [3.05, 3.63) is 120 Å². The predicted octanol–water partition coefficient (Wildman–Crippen LogP) is 8.03. The molecular formula is C35H29N3O2. The molecule has 0 amide bonds. The molecule has 40 heavy (non-hydrogen) atoms. The maximum Gasteiger partial charge on any atom is 0.161 e. The Morgan fingerprint density at radius 3 is 2.20 bits per heavy atom. The number of ether oxygens (including phenoxy) is 1. The van der Waals surface area contributed by atoms with Crippen molar-refractivity contribution in [2.24, 2.45) is 9.98 Å². The van der Waals surface area contributed by atoms with Gasteiger partial charge in [0.25, 0.3) is 0 Å². The third-order valence-corrected chi connectivity index (χ3v) is 7.45. The van der Waals surface area contributed by atoms with Crippen LogP contribution < -0.4 is 0 Å². The molecule has 0 radical (unpaired) electrons. The Bertz CT molecular complexity index is 1950. The van der Waals surface area contributed by atoms with Crippen molar-refractivity contribution in [3.63, 3.8) is 0 Å². The van der Waals surface area contributed by atoms with E-state index in [-0.39, 0.29) is 11.9 Å². The average molecular weight is 524 g/mol. The standard InChI is InChI=1S/C35H29N3O2/c1-22(2)40-33-21-29(36-35(37-33)27-17-9-11-19-32(27)39)28-20-31-34(25-15-7-6-14-24(25)28)26-16-8-10-18-30(26)38(31)23-12-4-3-5-13-23/h3-20,22,33,39H,21H2,1-2H3. The second-order valence-corrected chi connectivity index (χ2v) is 10.4. The summed E-state index contributed by atoms with van der Waals surface area (Å²) in [5.41, 5.74) is 5.93. The minimum Gasteiger partial charge on any atom is -0.507 e. The van der Waals surface area contributed by atoms with Crippen molar-refractivity contribution in [3.8, 4) is 11.4 Å². The van der Waals surface area contributed by atoms with Crippen molar-refractivity contribution in [2.45, 2.75) is 32.6 Å². The van der Waals surface area contributed by atoms with Gasteiger partial charge < -0.3 is 14.4 Å². The number of phenols is 1. The monoisotopic (exact) mass is 523 g/mol. The molecule has 0 aliphatic carbocycles. The fourth-order valence-corrected chi connectivity index (χ4v) is 5.83. The van der Waals surface area contributed by atoms with Crippen molar-refractivity contribution in [2.75, 3.05) is 0 Å². The third kappa shape index (κ3) is 4.07. The lowest BCUT2D eigenvalue weighted by Crippen LogP contribution is -2.26. The molecule has 5 aromatic carbocycles. The molecule has 0 bridgehead atoms. The Morgan fingerprint density at radius 2 is 1.43 bits per heavy atom. The van der Waals surface area contributed by atoms with E-state index in [1.165, 1.54) is 16.2 Å². The number of hydrogen-bond donors (Lipinski definition) is 1. The quantitative estimate of drug-likeness (QED) is 0.249. The fraction of sp³-hybridized carbons (Fsp3) is 0.143. The summed E-state index contributed by atoms with van der Waals surface area (Å²) in [7, 11) is 0. The number of hydrogen-bond acceptors (Lipinski definition) is 4. The van der Waals surface area contributed by atoms with Crippen LogP contribution in [0, 0.1) is 0 Å². The summed E-state index contributed by atoms with van der Waals surface area (Å²) < 4.78 is 8.56. The van der Waals surface area contributed by atoms with Gasteiger partial charge in [-0.25, -0.2) is 9.98 Å². The number of rotatable bonds is 5. The molecule has 0 saturated heterocycles. The third-order valence-electron chi connectivity index (χ3n) is 7.45. The summed E-state index contributed by atoms with van der Waals surface area (Å²) in [6.45, 7) is 4.03. The first-order chi connectivity index (χ1) is 19.6. The van der Waals surface area contributed by atoms with Gasteiger partial charge in [-0.2, -0.15) is 0 Å². The summed E-state index contributed by atoms with van der Waals surface area (Å²) in [4.78, 5) is 9.88. The lowest BCUT2D eigenvalue weighted by molar-refractivity contribution is 0.0171. The number of nitrogens with zero attached hydrogens (tertiary/aromatic N) is 3. The average Bonchev–Trinajstić information content (AvgIpc) is 3.31. The molecule has 196 valence electrons. The van der Waals surface area contributed by atoms with Gasteiger partial charge in [0, 0.05) is 28.4 Å². The Balaban J connectivity index is 1.54. The molecule has 5 nitrogen and oxygen atoms in total. The maximum absolute atomic E-state index is 10.6. The topological polar surface area (TPSA) is 59.1 Å². The number of phenolic OH excluding ortho intramolecular Hbond substituents is 1. The lowest BCUT2D eigenvalue weighted by Gasteiger charge is -2.24. The van der Waals surface area contributed by atoms with Gasteiger partial charge in [-0.1, -0.05) is 72.8 Å². The highest BCUT2D eigenvalue weighted by molar-refractivity contribution is 6.27. The molecule has 5 heteroatoms. The highest BCUT2D eigenvalue weighted by Gasteiger charge is 2.26. The molecule has 0 spiro atoms. The second kappa shape index (κ2) is 9.78. The van der Waals surface area contributed by atoms with Crippen molar-refractivity contribution >= 4 is 44.1 Å². The van der Waals surface area contributed by atoms with E-state index in [2.05, 4.69) is 83.4 Å². The minimum absolute atomic E-state index is 0.00134. The zero-order valence-corrected chi connectivity index (χ0v) is 22.5. The Kier molecular flexibility index (Phi) is 5.94. The maximum atomic E-state index is 10.6. The van der Waals surface area contributed by atoms with E-state index in [9.17, 15) is 5.11 Å². The highest BCUT2D eigenvalue weighted by atomic mass is 16.5. The van der Waals surface area contributed by atoms with E-state index in [4.69, 9.17) is 14.7 Å². The van der Waals surface area contributed by atoms with Gasteiger partial charge in [0.1, 0.15) is 5.75 Å². The molecule has 7 rings (SSSR count). The van der Waals surface area contributed by atoms with Gasteiger partial charge in [-0.3, -0.25) is 0 Å². The van der Waals surface area contributed by atoms with Crippen molar-refractivity contribution in [1.29, 1.82) is 0 Å². The van der Waals surface area contributed by atoms with Crippen molar-refractivity contribution < 1.29 is 9.84 Å². The first-order valence-electron chi connectivity index (χ1n) is 13.7. The van der Waals surface area contributed by atoms with E-state index in [1.807, 2.05) is 32.0 Å². The van der Waals surface area contributed by atoms with Crippen LogP contribution in [0.3, 0.4) is 0 Å². The predicted molar refractivity (Wildman–Crippen MR) is 164 cm³/mol. The second-order valence-electron chi connectivity index (χ2n) is 10.4. The van der Waals surface area contributed by atoms with Crippen LogP contribution in [0.5, 0.6) is 5.75 Å². The van der Waals surface area contributed by atoms with E-state index >= 15 is 0 Å². The van der Waals surface area contributed by atoms with Crippen LogP contribution >= 0.6 is 0 Å². The van der Waals surface area contributed by atoms with E-state index in [0.29, 0.717) is 17.8 Å². The van der Waals surface area contributed by atoms with Gasteiger partial charge >= 0.3 is 0 Å². The number of amidine groups is 1. The van der Waals surface area contributed by atoms with E-state index in [1.54, 1.807) is 12.1 Å². The zero-order chi connectivity index (χ0) is 27.2. The van der Waals surface area contributed by atoms with Gasteiger partial charge in [-0.15, -0.1) is 0 Å². The Hall–Kier alpha value is -4.74. The van der Waals surface area contributed by atoms with Gasteiger partial charge in [0.05, 0.1) is 28.4 Å². The zero-order valence-electron chi connectivity index (χ0n) is 22.5. The van der Waals surface area contributed by atoms with Crippen LogP contribution in [0.1, 0.15) is 31.4 Å². The summed E-state index contributed by atoms with van der Waals surface area (Å²) >= 11 is 0. The van der Waals surface area contributed by atoms with Crippen LogP contribution in [0.15, 0.2) is 119 Å². The number of fused-ring (bicyclic) bond motifs is 5. The number of aliphatic imine (C=N–C) groups is 2. The molecule has 1 atom stereocenters. The summed E-state index contributed by atoms with van der Waals surface area (Å²) in [5, 5.41) is 15.4. The number of para-hydroxylation sites is 3. The van der Waals surface area contributed by atoms with Crippen LogP contribution in [0.2, 0.25) is 0 Å². The molecule has 1 aliphatic heterocycles. The largest absolute Gasteiger partial charge is 0.507 e. The molecule has 1 unspecified atom stereocenters. The van der Waals surface area contributed by atoms with Crippen LogP contribution in [-0.2, 0) is 4.74 Å². The minimum atomic E-state index is -0.406. The number of aromatic hydroxyl groups is 1. The molecule has 6 aromatic rings. The van der Waals surface area contributed by atoms with Crippen LogP contribution in [0.4, 0.5) is 0 Å². The van der Waals surface area contributed by atoms with Crippen molar-refractivity contribution in [1.82, 2.24) is 4.57 Å². The van der Waals surface area contributed by atoms with E-state index in [0.717, 1.165) is 33.4 Å². The highest BCUT2D eigenvalue weighted by Crippen LogP contribution is 2.39. The van der Waals surface area contributed by atoms with Crippen LogP contribution in [0.25, 0.3) is 38.3 Å². The number of benzene rings is 5. The molecule has 0 saturated carbocycles. The summed E-state index contributed by atoms with van der Waals surface area (Å²) in [6.07, 6.45) is 0.131. The van der Waals surface area contributed by atoms with Gasteiger partial charge in [0.2, 0.25) is 0 Å². The molecule has 0 fully saturated rings. The summed E-state index contributed by atoms with van der Waals surface area (Å²) in [5.74, 6) is 0.636. The first-order valence-corrected chi connectivity index (χ1v) is 13.7. The molecule has 1 N–H and O–H groups in total. The molecule has 1 aliphatic rings. The SMILES string of the molecule is CC(C)OC1CC(c2cc3c(c4ccccc24)c2ccccc2n3-c2ccccc2)=NC(c2ccccc2O)=N1. The Morgan fingerprint density at radius 1 is 0.750 bits per heavy atom. The molecule has 2 heterocycles. The smallest absolute Gasteiger partial charge is 0.161 e. The van der Waals surface area contributed by atoms with Gasteiger partial charge in [-0.05, 0) is 61.0 Å². The van der Waals surface area contributed by atoms with Crippen LogP contribution in [-0.4, -0.2) is 33.6 Å². The number of aromatic nitrogens is 1. The molecular weight excluding hydrogens is 494 g/mol. The lowest BCUT2D eigenvalue weighted by atomic mass is 9.94. The normalized spacial score (nSPS) is 15.6. The fourth-order valence-electron chi connectivity index (χ4n) is 5.83. The van der Waals surface area contributed by atoms with Gasteiger partial charge in [0.15, 0.2) is 12.1 Å².